The van der Waals surface area contributed by atoms with Gasteiger partial charge in [0, 0.05) is 13.0 Å². The Morgan fingerprint density at radius 3 is 3.12 bits per heavy atom. The summed E-state index contributed by atoms with van der Waals surface area (Å²) in [5, 5.41) is 17.8. The van der Waals surface area contributed by atoms with Gasteiger partial charge in [-0.2, -0.15) is 10.6 Å². The number of thioether (sulfide) groups is 1. The summed E-state index contributed by atoms with van der Waals surface area (Å²) < 4.78 is 6.29. The van der Waals surface area contributed by atoms with Gasteiger partial charge in [-0.25, -0.2) is 0 Å². The molecule has 3 unspecified atom stereocenters. The number of likely N-dealkylation sites (tertiary alicyclic amines) is 1. The van der Waals surface area contributed by atoms with E-state index in [1.807, 2.05) is 0 Å². The molecular formula is C17H27N5O3S. The molecule has 144 valence electrons. The molecule has 0 saturated carbocycles. The molecule has 3 aliphatic heterocycles. The van der Waals surface area contributed by atoms with Crippen molar-refractivity contribution in [2.24, 2.45) is 5.10 Å². The smallest absolute Gasteiger partial charge is 0.185 e. The second-order valence-corrected chi connectivity index (χ2v) is 7.93. The van der Waals surface area contributed by atoms with Crippen LogP contribution in [0.1, 0.15) is 32.6 Å². The van der Waals surface area contributed by atoms with Crippen LogP contribution in [-0.2, 0) is 9.57 Å². The molecule has 2 saturated heterocycles. The minimum absolute atomic E-state index is 0.0252. The highest BCUT2D eigenvalue weighted by Gasteiger charge is 2.37. The maximum Gasteiger partial charge on any atom is 0.185 e. The minimum atomic E-state index is -0.374. The van der Waals surface area contributed by atoms with Crippen LogP contribution in [0.3, 0.4) is 0 Å². The van der Waals surface area contributed by atoms with Crippen LogP contribution in [0.25, 0.3) is 0 Å². The Morgan fingerprint density at radius 2 is 2.31 bits per heavy atom. The maximum absolute atomic E-state index is 9.14. The first-order valence-corrected chi connectivity index (χ1v) is 10.2. The fraction of sp³-hybridized carbons (Fsp3) is 0.706. The molecule has 4 N–H and O–H groups in total. The number of nitrogens with zero attached hydrogens (tertiary/aromatic N) is 2. The first-order valence-electron chi connectivity index (χ1n) is 9.36. The molecule has 0 aromatic heterocycles. The fourth-order valence-corrected chi connectivity index (χ4v) is 4.58. The molecule has 2 fully saturated rings. The summed E-state index contributed by atoms with van der Waals surface area (Å²) in [4.78, 5) is 7.53. The van der Waals surface area contributed by atoms with Crippen molar-refractivity contribution in [3.8, 4) is 0 Å². The molecule has 0 aromatic rings. The summed E-state index contributed by atoms with van der Waals surface area (Å²) in [6.07, 6.45) is 8.49. The molecule has 3 heterocycles. The normalized spacial score (nSPS) is 34.4. The first kappa shape index (κ1) is 18.1. The van der Waals surface area contributed by atoms with Gasteiger partial charge < -0.3 is 14.7 Å². The molecule has 0 radical (unpaired) electrons. The van der Waals surface area contributed by atoms with Gasteiger partial charge in [-0.1, -0.05) is 24.8 Å². The third-order valence-corrected chi connectivity index (χ3v) is 6.18. The van der Waals surface area contributed by atoms with Gasteiger partial charge in [0.1, 0.15) is 23.4 Å². The number of allylic oxidation sites excluding steroid dienone is 3. The second-order valence-electron chi connectivity index (χ2n) is 6.82. The molecule has 26 heavy (non-hydrogen) atoms. The number of rotatable bonds is 5. The van der Waals surface area contributed by atoms with Crippen LogP contribution in [0.2, 0.25) is 0 Å². The quantitative estimate of drug-likeness (QED) is 0.556. The van der Waals surface area contributed by atoms with Crippen molar-refractivity contribution in [1.82, 2.24) is 21.1 Å². The Labute approximate surface area is 158 Å². The van der Waals surface area contributed by atoms with Crippen molar-refractivity contribution >= 4 is 16.9 Å². The molecule has 4 rings (SSSR count). The molecule has 8 nitrogen and oxygen atoms in total. The molecule has 0 spiro atoms. The lowest BCUT2D eigenvalue weighted by Crippen LogP contribution is -2.47. The monoisotopic (exact) mass is 381 g/mol. The van der Waals surface area contributed by atoms with Crippen molar-refractivity contribution < 1.29 is 14.7 Å². The van der Waals surface area contributed by atoms with E-state index in [2.05, 4.69) is 45.3 Å². The fourth-order valence-electron chi connectivity index (χ4n) is 3.56. The molecule has 0 bridgehead atoms. The van der Waals surface area contributed by atoms with Crippen LogP contribution >= 0.6 is 11.8 Å². The second kappa shape index (κ2) is 8.18. The van der Waals surface area contributed by atoms with Crippen molar-refractivity contribution in [2.45, 2.75) is 56.5 Å². The van der Waals surface area contributed by atoms with Crippen LogP contribution in [0.5, 0.6) is 0 Å². The summed E-state index contributed by atoms with van der Waals surface area (Å²) in [5.41, 5.74) is 7.38. The van der Waals surface area contributed by atoms with Gasteiger partial charge in [0.25, 0.3) is 0 Å². The zero-order valence-electron chi connectivity index (χ0n) is 15.0. The number of aliphatic hydroxyl groups is 1. The van der Waals surface area contributed by atoms with Crippen LogP contribution in [0, 0.1) is 0 Å². The lowest BCUT2D eigenvalue weighted by atomic mass is 10.0. The van der Waals surface area contributed by atoms with E-state index in [9.17, 15) is 0 Å². The Bertz CT molecular complexity index is 611. The van der Waals surface area contributed by atoms with Gasteiger partial charge in [-0.15, -0.1) is 0 Å². The van der Waals surface area contributed by atoms with Crippen molar-refractivity contribution in [3.63, 3.8) is 0 Å². The lowest BCUT2D eigenvalue weighted by molar-refractivity contribution is -0.00844. The summed E-state index contributed by atoms with van der Waals surface area (Å²) in [7, 11) is 0. The third-order valence-electron chi connectivity index (χ3n) is 4.98. The average Bonchev–Trinajstić information content (AvgIpc) is 3.41. The van der Waals surface area contributed by atoms with Crippen LogP contribution < -0.4 is 16.2 Å². The average molecular weight is 382 g/mol. The number of nitrogens with one attached hydrogen (secondary N) is 3. The molecule has 4 atom stereocenters. The Kier molecular flexibility index (Phi) is 5.70. The molecule has 0 amide bonds. The number of hydroxylamine groups is 1. The van der Waals surface area contributed by atoms with Gasteiger partial charge >= 0.3 is 0 Å². The third kappa shape index (κ3) is 3.86. The molecular weight excluding hydrogens is 354 g/mol. The number of hydrogen-bond acceptors (Lipinski definition) is 9. The topological polar surface area (TPSA) is 90.4 Å². The van der Waals surface area contributed by atoms with E-state index in [1.165, 1.54) is 5.57 Å². The van der Waals surface area contributed by atoms with Crippen LogP contribution in [0.15, 0.2) is 28.6 Å². The first-order chi connectivity index (χ1) is 12.8. The summed E-state index contributed by atoms with van der Waals surface area (Å²) in [6, 6.07) is 0. The van der Waals surface area contributed by atoms with E-state index in [1.54, 1.807) is 11.8 Å². The Hall–Kier alpha value is -1.26. The van der Waals surface area contributed by atoms with E-state index in [4.69, 9.17) is 14.7 Å². The van der Waals surface area contributed by atoms with E-state index in [0.29, 0.717) is 0 Å². The number of ether oxygens (including phenoxy) is 1. The molecule has 1 aliphatic carbocycles. The Morgan fingerprint density at radius 1 is 1.42 bits per heavy atom. The van der Waals surface area contributed by atoms with Crippen molar-refractivity contribution in [1.29, 1.82) is 0 Å². The standard InChI is InChI=1S/C17H27N5O3S/c1-2-11-5-3-4-6-13(11)24-12-7-8-22(9-12)17-20-19-16(26-17)15-18-14(10-23)25-21-15/h5-6,12,14-16,18-19,21,23H,2-4,7-10H2,1H3/t12-,14?,15?,16?/m0/s1. The van der Waals surface area contributed by atoms with Crippen molar-refractivity contribution in [3.05, 3.63) is 23.5 Å². The zero-order chi connectivity index (χ0) is 17.9. The van der Waals surface area contributed by atoms with E-state index >= 15 is 0 Å². The highest BCUT2D eigenvalue weighted by Crippen LogP contribution is 2.29. The number of hydrogen-bond donors (Lipinski definition) is 4. The predicted molar refractivity (Wildman–Crippen MR) is 101 cm³/mol. The summed E-state index contributed by atoms with van der Waals surface area (Å²) >= 11 is 1.67. The zero-order valence-corrected chi connectivity index (χ0v) is 15.8. The lowest BCUT2D eigenvalue weighted by Gasteiger charge is -2.22. The number of aliphatic hydroxyl groups excluding tert-OH is 1. The number of hydrazone groups is 1. The molecule has 4 aliphatic rings. The largest absolute Gasteiger partial charge is 0.489 e. The van der Waals surface area contributed by atoms with Gasteiger partial charge in [0.2, 0.25) is 0 Å². The SMILES string of the molecule is CCC1=CCCC=C1O[C@H]1CCN(C2=NNC(C3NOC(CO)N3)S2)C1. The number of amidine groups is 1. The van der Waals surface area contributed by atoms with Gasteiger partial charge in [0.05, 0.1) is 13.2 Å². The minimum Gasteiger partial charge on any atom is -0.489 e. The summed E-state index contributed by atoms with van der Waals surface area (Å²) in [5.74, 6) is 1.08. The predicted octanol–water partition coefficient (Wildman–Crippen LogP) is 0.794. The van der Waals surface area contributed by atoms with Crippen LogP contribution in [-0.4, -0.2) is 58.7 Å². The van der Waals surface area contributed by atoms with E-state index < -0.39 is 0 Å². The Balaban J connectivity index is 1.27. The molecule has 9 heteroatoms. The highest BCUT2D eigenvalue weighted by atomic mass is 32.2. The van der Waals surface area contributed by atoms with E-state index in [-0.39, 0.29) is 30.5 Å². The van der Waals surface area contributed by atoms with Crippen molar-refractivity contribution in [2.75, 3.05) is 19.7 Å². The van der Waals surface area contributed by atoms with Gasteiger partial charge in [-0.3, -0.25) is 15.6 Å². The maximum atomic E-state index is 9.14. The van der Waals surface area contributed by atoms with Gasteiger partial charge in [-0.05, 0) is 30.9 Å². The summed E-state index contributed by atoms with van der Waals surface area (Å²) in [6.45, 7) is 3.92. The molecule has 0 aromatic carbocycles. The van der Waals surface area contributed by atoms with E-state index in [0.717, 1.165) is 49.7 Å². The van der Waals surface area contributed by atoms with Crippen LogP contribution in [0.4, 0.5) is 0 Å². The highest BCUT2D eigenvalue weighted by molar-refractivity contribution is 8.14. The van der Waals surface area contributed by atoms with Gasteiger partial charge in [0.15, 0.2) is 11.4 Å².